The molecule has 0 saturated carbocycles. The molecule has 3 atom stereocenters. The SMILES string of the molecule is COc1cc(C(=O)O[C@H](C)CN2[C@H](C)CCC[C@H]2C)cc(OC)c1OC. The topological polar surface area (TPSA) is 57.2 Å². The maximum Gasteiger partial charge on any atom is 0.338 e. The third-order valence-corrected chi connectivity index (χ3v) is 5.05. The first-order valence-electron chi connectivity index (χ1n) is 9.18. The van der Waals surface area contributed by atoms with Gasteiger partial charge in [-0.05, 0) is 45.7 Å². The summed E-state index contributed by atoms with van der Waals surface area (Å²) in [5.41, 5.74) is 0.381. The summed E-state index contributed by atoms with van der Waals surface area (Å²) in [4.78, 5) is 15.0. The maximum absolute atomic E-state index is 12.6. The van der Waals surface area contributed by atoms with E-state index in [0.717, 1.165) is 6.54 Å². The Bertz CT molecular complexity index is 583. The molecule has 1 heterocycles. The van der Waals surface area contributed by atoms with Crippen molar-refractivity contribution in [2.75, 3.05) is 27.9 Å². The largest absolute Gasteiger partial charge is 0.493 e. The van der Waals surface area contributed by atoms with Crippen LogP contribution in [0.4, 0.5) is 0 Å². The molecule has 0 aromatic heterocycles. The summed E-state index contributed by atoms with van der Waals surface area (Å²) in [6.07, 6.45) is 3.44. The van der Waals surface area contributed by atoms with E-state index in [2.05, 4.69) is 18.7 Å². The van der Waals surface area contributed by atoms with Gasteiger partial charge in [0.2, 0.25) is 5.75 Å². The van der Waals surface area contributed by atoms with Crippen LogP contribution in [0.2, 0.25) is 0 Å². The van der Waals surface area contributed by atoms with Gasteiger partial charge in [0.15, 0.2) is 11.5 Å². The van der Waals surface area contributed by atoms with Crippen LogP contribution in [0.15, 0.2) is 12.1 Å². The van der Waals surface area contributed by atoms with Crippen LogP contribution in [0.25, 0.3) is 0 Å². The molecule has 2 rings (SSSR count). The summed E-state index contributed by atoms with van der Waals surface area (Å²) in [5, 5.41) is 0. The van der Waals surface area contributed by atoms with Gasteiger partial charge in [-0.2, -0.15) is 0 Å². The molecular formula is C20H31NO5. The zero-order chi connectivity index (χ0) is 19.3. The van der Waals surface area contributed by atoms with Gasteiger partial charge >= 0.3 is 5.97 Å². The second kappa shape index (κ2) is 9.12. The van der Waals surface area contributed by atoms with Gasteiger partial charge in [0.25, 0.3) is 0 Å². The molecule has 0 aliphatic carbocycles. The summed E-state index contributed by atoms with van der Waals surface area (Å²) in [5.74, 6) is 0.930. The molecule has 1 aromatic rings. The molecule has 1 saturated heterocycles. The Kier molecular flexibility index (Phi) is 7.14. The standard InChI is InChI=1S/C20H31NO5/c1-13-8-7-9-14(2)21(13)12-15(3)26-20(22)16-10-17(23-4)19(25-6)18(11-16)24-5/h10-11,13-15H,7-9,12H2,1-6H3/t13-,14-,15-/m1/s1. The van der Waals surface area contributed by atoms with Gasteiger partial charge in [-0.25, -0.2) is 4.79 Å². The molecule has 1 aliphatic heterocycles. The summed E-state index contributed by atoms with van der Waals surface area (Å²) in [7, 11) is 4.57. The molecule has 0 bridgehead atoms. The van der Waals surface area contributed by atoms with Crippen molar-refractivity contribution >= 4 is 5.97 Å². The zero-order valence-corrected chi connectivity index (χ0v) is 16.7. The third kappa shape index (κ3) is 4.61. The molecule has 6 heteroatoms. The summed E-state index contributed by atoms with van der Waals surface area (Å²) in [6.45, 7) is 7.15. The monoisotopic (exact) mass is 365 g/mol. The van der Waals surface area contributed by atoms with Crippen LogP contribution in [-0.2, 0) is 4.74 Å². The van der Waals surface area contributed by atoms with E-state index in [9.17, 15) is 4.79 Å². The van der Waals surface area contributed by atoms with Gasteiger partial charge in [0, 0.05) is 18.6 Å². The first-order valence-corrected chi connectivity index (χ1v) is 9.18. The van der Waals surface area contributed by atoms with Crippen LogP contribution in [0, 0.1) is 0 Å². The summed E-state index contributed by atoms with van der Waals surface area (Å²) >= 11 is 0. The number of hydrogen-bond acceptors (Lipinski definition) is 6. The van der Waals surface area contributed by atoms with Gasteiger partial charge in [-0.3, -0.25) is 4.90 Å². The molecule has 0 amide bonds. The van der Waals surface area contributed by atoms with Crippen LogP contribution in [-0.4, -0.2) is 56.9 Å². The number of methoxy groups -OCH3 is 3. The number of nitrogens with zero attached hydrogens (tertiary/aromatic N) is 1. The fraction of sp³-hybridized carbons (Fsp3) is 0.650. The van der Waals surface area contributed by atoms with Crippen molar-refractivity contribution in [1.29, 1.82) is 0 Å². The molecule has 1 aliphatic rings. The van der Waals surface area contributed by atoms with E-state index in [-0.39, 0.29) is 6.10 Å². The smallest absolute Gasteiger partial charge is 0.338 e. The first kappa shape index (κ1) is 20.4. The second-order valence-corrected chi connectivity index (χ2v) is 6.96. The van der Waals surface area contributed by atoms with Crippen LogP contribution >= 0.6 is 0 Å². The molecule has 0 unspecified atom stereocenters. The van der Waals surface area contributed by atoms with Crippen molar-refractivity contribution in [2.24, 2.45) is 0 Å². The summed E-state index contributed by atoms with van der Waals surface area (Å²) in [6, 6.07) is 4.26. The fourth-order valence-corrected chi connectivity index (χ4v) is 3.62. The Morgan fingerprint density at radius 2 is 1.62 bits per heavy atom. The van der Waals surface area contributed by atoms with Crippen molar-refractivity contribution in [3.8, 4) is 17.2 Å². The predicted octanol–water partition coefficient (Wildman–Crippen LogP) is 3.52. The van der Waals surface area contributed by atoms with E-state index in [1.54, 1.807) is 12.1 Å². The van der Waals surface area contributed by atoms with Gasteiger partial charge in [-0.1, -0.05) is 6.42 Å². The Labute approximate surface area is 156 Å². The molecule has 0 radical (unpaired) electrons. The highest BCUT2D eigenvalue weighted by Crippen LogP contribution is 2.38. The Morgan fingerprint density at radius 3 is 2.08 bits per heavy atom. The molecular weight excluding hydrogens is 334 g/mol. The van der Waals surface area contributed by atoms with E-state index in [1.165, 1.54) is 40.6 Å². The van der Waals surface area contributed by atoms with Gasteiger partial charge < -0.3 is 18.9 Å². The van der Waals surface area contributed by atoms with Gasteiger partial charge in [0.1, 0.15) is 6.10 Å². The molecule has 146 valence electrons. The lowest BCUT2D eigenvalue weighted by molar-refractivity contribution is 0.00806. The maximum atomic E-state index is 12.6. The lowest BCUT2D eigenvalue weighted by Crippen LogP contribution is -2.47. The van der Waals surface area contributed by atoms with Crippen molar-refractivity contribution in [2.45, 2.75) is 58.2 Å². The number of benzene rings is 1. The van der Waals surface area contributed by atoms with Crippen LogP contribution in [0.1, 0.15) is 50.4 Å². The minimum absolute atomic E-state index is 0.204. The number of rotatable bonds is 7. The highest BCUT2D eigenvalue weighted by molar-refractivity contribution is 5.91. The van der Waals surface area contributed by atoms with E-state index in [0.29, 0.717) is 34.9 Å². The Balaban J connectivity index is 2.09. The average Bonchev–Trinajstić information content (AvgIpc) is 2.63. The van der Waals surface area contributed by atoms with Crippen LogP contribution < -0.4 is 14.2 Å². The molecule has 1 aromatic carbocycles. The van der Waals surface area contributed by atoms with Gasteiger partial charge in [-0.15, -0.1) is 0 Å². The van der Waals surface area contributed by atoms with E-state index in [1.807, 2.05) is 6.92 Å². The van der Waals surface area contributed by atoms with E-state index < -0.39 is 5.97 Å². The zero-order valence-electron chi connectivity index (χ0n) is 16.7. The molecule has 1 fully saturated rings. The average molecular weight is 365 g/mol. The van der Waals surface area contributed by atoms with Gasteiger partial charge in [0.05, 0.1) is 26.9 Å². The second-order valence-electron chi connectivity index (χ2n) is 6.96. The molecule has 26 heavy (non-hydrogen) atoms. The highest BCUT2D eigenvalue weighted by Gasteiger charge is 2.27. The van der Waals surface area contributed by atoms with Crippen molar-refractivity contribution in [1.82, 2.24) is 4.90 Å². The number of esters is 1. The normalized spacial score (nSPS) is 21.8. The number of piperidine rings is 1. The van der Waals surface area contributed by atoms with Crippen molar-refractivity contribution in [3.05, 3.63) is 17.7 Å². The Hall–Kier alpha value is -1.95. The third-order valence-electron chi connectivity index (χ3n) is 5.05. The first-order chi connectivity index (χ1) is 12.4. The minimum Gasteiger partial charge on any atom is -0.493 e. The van der Waals surface area contributed by atoms with Crippen LogP contribution in [0.5, 0.6) is 17.2 Å². The number of hydrogen-bond donors (Lipinski definition) is 0. The van der Waals surface area contributed by atoms with E-state index in [4.69, 9.17) is 18.9 Å². The molecule has 0 N–H and O–H groups in total. The number of ether oxygens (including phenoxy) is 4. The Morgan fingerprint density at radius 1 is 1.08 bits per heavy atom. The fourth-order valence-electron chi connectivity index (χ4n) is 3.62. The molecule has 6 nitrogen and oxygen atoms in total. The summed E-state index contributed by atoms with van der Waals surface area (Å²) < 4.78 is 21.6. The number of likely N-dealkylation sites (tertiary alicyclic amines) is 1. The lowest BCUT2D eigenvalue weighted by Gasteiger charge is -2.40. The number of carbonyl (C=O) groups excluding carboxylic acids is 1. The quantitative estimate of drug-likeness (QED) is 0.689. The van der Waals surface area contributed by atoms with Crippen molar-refractivity contribution in [3.63, 3.8) is 0 Å². The van der Waals surface area contributed by atoms with Crippen molar-refractivity contribution < 1.29 is 23.7 Å². The number of carbonyl (C=O) groups is 1. The molecule has 0 spiro atoms. The van der Waals surface area contributed by atoms with Crippen LogP contribution in [0.3, 0.4) is 0 Å². The highest BCUT2D eigenvalue weighted by atomic mass is 16.5. The van der Waals surface area contributed by atoms with E-state index >= 15 is 0 Å². The minimum atomic E-state index is -0.394. The predicted molar refractivity (Wildman–Crippen MR) is 100 cm³/mol. The lowest BCUT2D eigenvalue weighted by atomic mass is 9.97.